The second kappa shape index (κ2) is 15.9. The quantitative estimate of drug-likeness (QED) is 0.171. The molecule has 0 aliphatic carbocycles. The summed E-state index contributed by atoms with van der Waals surface area (Å²) in [5.41, 5.74) is 2.76. The highest BCUT2D eigenvalue weighted by molar-refractivity contribution is 7.21. The van der Waals surface area contributed by atoms with Crippen LogP contribution in [-0.4, -0.2) is 46.9 Å². The number of ether oxygens (including phenoxy) is 1. The summed E-state index contributed by atoms with van der Waals surface area (Å²) in [6, 6.07) is 8.13. The highest BCUT2D eigenvalue weighted by Gasteiger charge is 2.18. The molecule has 0 saturated carbocycles. The molecule has 3 rings (SSSR count). The SMILES string of the molecule is CC.CC/C=C(\C=C/CNc1nc(C)c(-c2nc3ccccc3s2)c(NCCC(CC)CO)n1)OC. The summed E-state index contributed by atoms with van der Waals surface area (Å²) in [4.78, 5) is 14.3. The number of aliphatic hydroxyl groups is 1. The largest absolute Gasteiger partial charge is 0.497 e. The van der Waals surface area contributed by atoms with Crippen molar-refractivity contribution in [3.63, 3.8) is 0 Å². The molecule has 1 atom stereocenters. The third-order valence-electron chi connectivity index (χ3n) is 5.58. The van der Waals surface area contributed by atoms with E-state index in [2.05, 4.69) is 30.5 Å². The van der Waals surface area contributed by atoms with Gasteiger partial charge in [-0.05, 0) is 50.0 Å². The van der Waals surface area contributed by atoms with E-state index in [-0.39, 0.29) is 12.5 Å². The summed E-state index contributed by atoms with van der Waals surface area (Å²) in [6.07, 6.45) is 8.69. The fraction of sp³-hybridized carbons (Fsp3) is 0.464. The Labute approximate surface area is 219 Å². The molecule has 36 heavy (non-hydrogen) atoms. The fourth-order valence-corrected chi connectivity index (χ4v) is 4.64. The van der Waals surface area contributed by atoms with E-state index in [4.69, 9.17) is 19.7 Å². The average Bonchev–Trinajstić information content (AvgIpc) is 3.33. The maximum absolute atomic E-state index is 9.54. The first-order chi connectivity index (χ1) is 17.6. The number of benzene rings is 1. The van der Waals surface area contributed by atoms with E-state index in [1.807, 2.05) is 57.2 Å². The second-order valence-corrected chi connectivity index (χ2v) is 9.05. The van der Waals surface area contributed by atoms with Gasteiger partial charge in [-0.2, -0.15) is 4.98 Å². The lowest BCUT2D eigenvalue weighted by Crippen LogP contribution is -2.14. The Kier molecular flexibility index (Phi) is 12.9. The number of aromatic nitrogens is 3. The Morgan fingerprint density at radius 2 is 1.92 bits per heavy atom. The monoisotopic (exact) mass is 511 g/mol. The van der Waals surface area contributed by atoms with E-state index in [1.54, 1.807) is 18.4 Å². The van der Waals surface area contributed by atoms with Gasteiger partial charge in [0, 0.05) is 19.7 Å². The number of nitrogens with one attached hydrogen (secondary N) is 2. The Morgan fingerprint density at radius 3 is 2.58 bits per heavy atom. The molecule has 0 radical (unpaired) electrons. The lowest BCUT2D eigenvalue weighted by molar-refractivity contribution is 0.217. The molecule has 0 amide bonds. The minimum Gasteiger partial charge on any atom is -0.497 e. The number of methoxy groups -OCH3 is 1. The van der Waals surface area contributed by atoms with Gasteiger partial charge in [0.05, 0.1) is 28.6 Å². The van der Waals surface area contributed by atoms with Gasteiger partial charge in [0.2, 0.25) is 5.95 Å². The van der Waals surface area contributed by atoms with Crippen molar-refractivity contribution in [1.29, 1.82) is 0 Å². The molecule has 0 aliphatic heterocycles. The minimum absolute atomic E-state index is 0.195. The predicted molar refractivity (Wildman–Crippen MR) is 154 cm³/mol. The normalized spacial score (nSPS) is 12.4. The van der Waals surface area contributed by atoms with Crippen LogP contribution >= 0.6 is 11.3 Å². The second-order valence-electron chi connectivity index (χ2n) is 8.02. The van der Waals surface area contributed by atoms with Crippen LogP contribution in [0.15, 0.2) is 48.3 Å². The van der Waals surface area contributed by atoms with Gasteiger partial charge in [0.15, 0.2) is 0 Å². The van der Waals surface area contributed by atoms with Crippen LogP contribution in [0.5, 0.6) is 0 Å². The third kappa shape index (κ3) is 8.31. The summed E-state index contributed by atoms with van der Waals surface area (Å²) >= 11 is 1.64. The van der Waals surface area contributed by atoms with Crippen molar-refractivity contribution in [1.82, 2.24) is 15.0 Å². The number of para-hydroxylation sites is 1. The lowest BCUT2D eigenvalue weighted by atomic mass is 10.0. The lowest BCUT2D eigenvalue weighted by Gasteiger charge is -2.16. The van der Waals surface area contributed by atoms with Crippen LogP contribution in [0, 0.1) is 12.8 Å². The van der Waals surface area contributed by atoms with Crippen LogP contribution < -0.4 is 10.6 Å². The maximum atomic E-state index is 9.54. The van der Waals surface area contributed by atoms with Crippen LogP contribution in [-0.2, 0) is 4.74 Å². The number of hydrogen-bond donors (Lipinski definition) is 3. The molecule has 0 fully saturated rings. The summed E-state index contributed by atoms with van der Waals surface area (Å²) in [6.45, 7) is 11.7. The minimum atomic E-state index is 0.195. The number of thiazole rings is 1. The van der Waals surface area contributed by atoms with E-state index in [0.717, 1.165) is 57.3 Å². The number of aliphatic hydroxyl groups excluding tert-OH is 1. The Bertz CT molecular complexity index is 1090. The molecule has 1 unspecified atom stereocenters. The molecule has 0 spiro atoms. The van der Waals surface area contributed by atoms with Crippen molar-refractivity contribution in [2.24, 2.45) is 5.92 Å². The molecular weight excluding hydrogens is 470 g/mol. The van der Waals surface area contributed by atoms with Crippen molar-refractivity contribution < 1.29 is 9.84 Å². The fourth-order valence-electron chi connectivity index (χ4n) is 3.58. The molecule has 0 aliphatic rings. The van der Waals surface area contributed by atoms with Crippen LogP contribution in [0.2, 0.25) is 0 Å². The molecule has 1 aromatic carbocycles. The number of nitrogens with zero attached hydrogens (tertiary/aromatic N) is 3. The topological polar surface area (TPSA) is 92.2 Å². The highest BCUT2D eigenvalue weighted by atomic mass is 32.1. The van der Waals surface area contributed by atoms with Gasteiger partial charge in [0.25, 0.3) is 0 Å². The number of rotatable bonds is 13. The molecule has 2 aromatic heterocycles. The molecule has 0 bridgehead atoms. The van der Waals surface area contributed by atoms with E-state index in [1.165, 1.54) is 0 Å². The van der Waals surface area contributed by atoms with Gasteiger partial charge in [-0.3, -0.25) is 0 Å². The first-order valence-electron chi connectivity index (χ1n) is 12.8. The Hall–Kier alpha value is -2.97. The number of allylic oxidation sites excluding steroid dienone is 2. The zero-order valence-electron chi connectivity index (χ0n) is 22.5. The van der Waals surface area contributed by atoms with Crippen LogP contribution in [0.3, 0.4) is 0 Å². The molecular formula is C28H41N5O2S. The van der Waals surface area contributed by atoms with Gasteiger partial charge in [-0.1, -0.05) is 52.3 Å². The van der Waals surface area contributed by atoms with Gasteiger partial charge >= 0.3 is 0 Å². The zero-order valence-corrected chi connectivity index (χ0v) is 23.3. The first-order valence-corrected chi connectivity index (χ1v) is 13.6. The molecule has 196 valence electrons. The van der Waals surface area contributed by atoms with Crippen molar-refractivity contribution in [3.05, 3.63) is 53.9 Å². The third-order valence-corrected chi connectivity index (χ3v) is 6.63. The van der Waals surface area contributed by atoms with E-state index < -0.39 is 0 Å². The van der Waals surface area contributed by atoms with Crippen molar-refractivity contribution in [2.45, 2.75) is 53.9 Å². The van der Waals surface area contributed by atoms with E-state index in [9.17, 15) is 5.11 Å². The van der Waals surface area contributed by atoms with Crippen LogP contribution in [0.25, 0.3) is 20.8 Å². The summed E-state index contributed by atoms with van der Waals surface area (Å²) in [7, 11) is 1.67. The number of hydrogen-bond acceptors (Lipinski definition) is 8. The molecule has 3 N–H and O–H groups in total. The first kappa shape index (κ1) is 29.3. The number of fused-ring (bicyclic) bond motifs is 1. The van der Waals surface area contributed by atoms with E-state index >= 15 is 0 Å². The van der Waals surface area contributed by atoms with Crippen LogP contribution in [0.1, 0.15) is 52.7 Å². The van der Waals surface area contributed by atoms with Crippen LogP contribution in [0.4, 0.5) is 11.8 Å². The van der Waals surface area contributed by atoms with Gasteiger partial charge in [0.1, 0.15) is 16.6 Å². The number of aryl methyl sites for hydroxylation is 1. The molecule has 0 saturated heterocycles. The van der Waals surface area contributed by atoms with Gasteiger partial charge < -0.3 is 20.5 Å². The van der Waals surface area contributed by atoms with Crippen molar-refractivity contribution in [2.75, 3.05) is 37.4 Å². The van der Waals surface area contributed by atoms with Crippen molar-refractivity contribution >= 4 is 33.3 Å². The standard InChI is InChI=1S/C26H35N5O2S.C2H6/c1-5-10-20(33-4)11-9-15-28-26-29-18(3)23(24(31-26)27-16-14-19(6-2)17-32)25-30-21-12-7-8-13-22(21)34-25;1-2/h7-13,19,32H,5-6,14-17H2,1-4H3,(H2,27,28,29,31);1-2H3/b11-9-,20-10+;. The smallest absolute Gasteiger partial charge is 0.225 e. The van der Waals surface area contributed by atoms with E-state index in [0.29, 0.717) is 19.0 Å². The summed E-state index contributed by atoms with van der Waals surface area (Å²) < 4.78 is 6.47. The average molecular weight is 512 g/mol. The summed E-state index contributed by atoms with van der Waals surface area (Å²) in [5, 5.41) is 17.2. The van der Waals surface area contributed by atoms with Gasteiger partial charge in [-0.25, -0.2) is 9.97 Å². The molecule has 8 heteroatoms. The molecule has 2 heterocycles. The molecule has 7 nitrogen and oxygen atoms in total. The van der Waals surface area contributed by atoms with Crippen molar-refractivity contribution in [3.8, 4) is 10.6 Å². The Morgan fingerprint density at radius 1 is 1.14 bits per heavy atom. The zero-order chi connectivity index (χ0) is 26.3. The number of anilines is 2. The highest BCUT2D eigenvalue weighted by Crippen LogP contribution is 2.36. The Balaban J connectivity index is 0.00000222. The maximum Gasteiger partial charge on any atom is 0.225 e. The van der Waals surface area contributed by atoms with Gasteiger partial charge in [-0.15, -0.1) is 11.3 Å². The summed E-state index contributed by atoms with van der Waals surface area (Å²) in [5.74, 6) is 2.43. The predicted octanol–water partition coefficient (Wildman–Crippen LogP) is 6.82. The molecule has 3 aromatic rings.